The molecule has 1 fully saturated rings. The number of amides is 1. The Morgan fingerprint density at radius 3 is 2.62 bits per heavy atom. The number of carbonyl (C=O) groups is 1. The van der Waals surface area contributed by atoms with Crippen molar-refractivity contribution in [3.05, 3.63) is 0 Å². The number of thioether (sulfide) groups is 1. The van der Waals surface area contributed by atoms with E-state index in [-0.39, 0.29) is 5.91 Å². The minimum atomic E-state index is -0.411. The normalized spacial score (nSPS) is 18.4. The largest absolute Gasteiger partial charge is 0.355 e. The van der Waals surface area contributed by atoms with E-state index in [2.05, 4.69) is 10.2 Å². The molecular formula is C11H23N3OS. The summed E-state index contributed by atoms with van der Waals surface area (Å²) in [6, 6.07) is 0. The summed E-state index contributed by atoms with van der Waals surface area (Å²) in [5.74, 6) is 2.48. The molecule has 3 N–H and O–H groups in total. The highest BCUT2D eigenvalue weighted by molar-refractivity contribution is 7.99. The minimum absolute atomic E-state index is 0.0545. The van der Waals surface area contributed by atoms with Crippen molar-refractivity contribution in [1.82, 2.24) is 10.2 Å². The van der Waals surface area contributed by atoms with E-state index in [0.29, 0.717) is 6.42 Å². The highest BCUT2D eigenvalue weighted by Crippen LogP contribution is 2.08. The van der Waals surface area contributed by atoms with Gasteiger partial charge in [-0.15, -0.1) is 0 Å². The summed E-state index contributed by atoms with van der Waals surface area (Å²) in [7, 11) is 0. The molecule has 0 unspecified atom stereocenters. The van der Waals surface area contributed by atoms with Gasteiger partial charge in [-0.25, -0.2) is 0 Å². The van der Waals surface area contributed by atoms with E-state index in [0.717, 1.165) is 26.2 Å². The second kappa shape index (κ2) is 6.47. The molecule has 0 aromatic carbocycles. The van der Waals surface area contributed by atoms with Gasteiger partial charge in [0.05, 0.1) is 0 Å². The lowest BCUT2D eigenvalue weighted by Crippen LogP contribution is -2.42. The van der Waals surface area contributed by atoms with Gasteiger partial charge in [-0.3, -0.25) is 9.69 Å². The quantitative estimate of drug-likeness (QED) is 0.730. The van der Waals surface area contributed by atoms with Crippen LogP contribution in [-0.2, 0) is 4.79 Å². The average molecular weight is 245 g/mol. The SMILES string of the molecule is CC(C)(N)CC(=O)NCCN1CCSCC1. The molecule has 1 amide bonds. The van der Waals surface area contributed by atoms with Gasteiger partial charge in [-0.2, -0.15) is 11.8 Å². The van der Waals surface area contributed by atoms with Gasteiger partial charge in [0.15, 0.2) is 0 Å². The molecule has 94 valence electrons. The fourth-order valence-electron chi connectivity index (χ4n) is 1.65. The molecule has 0 aromatic heterocycles. The Kier molecular flexibility index (Phi) is 5.58. The summed E-state index contributed by atoms with van der Waals surface area (Å²) in [6.07, 6.45) is 0.392. The van der Waals surface area contributed by atoms with Crippen LogP contribution in [0.4, 0.5) is 0 Å². The molecular weight excluding hydrogens is 222 g/mol. The number of carbonyl (C=O) groups excluding carboxylic acids is 1. The Balaban J connectivity index is 2.08. The maximum atomic E-state index is 11.5. The number of nitrogens with one attached hydrogen (secondary N) is 1. The van der Waals surface area contributed by atoms with E-state index in [1.54, 1.807) is 0 Å². The molecule has 1 aliphatic heterocycles. The van der Waals surface area contributed by atoms with Crippen LogP contribution in [0.1, 0.15) is 20.3 Å². The van der Waals surface area contributed by atoms with Crippen molar-refractivity contribution in [2.45, 2.75) is 25.8 Å². The van der Waals surface area contributed by atoms with Gasteiger partial charge in [0, 0.05) is 49.6 Å². The molecule has 1 rings (SSSR count). The van der Waals surface area contributed by atoms with Crippen LogP contribution in [0.15, 0.2) is 0 Å². The fraction of sp³-hybridized carbons (Fsp3) is 0.909. The van der Waals surface area contributed by atoms with E-state index in [4.69, 9.17) is 5.73 Å². The Hall–Kier alpha value is -0.260. The summed E-state index contributed by atoms with van der Waals surface area (Å²) in [6.45, 7) is 7.71. The number of nitrogens with zero attached hydrogens (tertiary/aromatic N) is 1. The van der Waals surface area contributed by atoms with E-state index >= 15 is 0 Å². The minimum Gasteiger partial charge on any atom is -0.355 e. The van der Waals surface area contributed by atoms with Crippen molar-refractivity contribution in [2.24, 2.45) is 5.73 Å². The first-order valence-corrected chi connectivity index (χ1v) is 6.98. The molecule has 0 bridgehead atoms. The number of hydrogen-bond acceptors (Lipinski definition) is 4. The summed E-state index contributed by atoms with van der Waals surface area (Å²) < 4.78 is 0. The van der Waals surface area contributed by atoms with Crippen LogP contribution >= 0.6 is 11.8 Å². The first-order chi connectivity index (χ1) is 7.47. The van der Waals surface area contributed by atoms with Crippen molar-refractivity contribution in [3.8, 4) is 0 Å². The molecule has 0 atom stereocenters. The predicted octanol–water partition coefficient (Wildman–Crippen LogP) is 0.279. The Morgan fingerprint density at radius 2 is 2.06 bits per heavy atom. The maximum Gasteiger partial charge on any atom is 0.221 e. The topological polar surface area (TPSA) is 58.4 Å². The molecule has 1 saturated heterocycles. The standard InChI is InChI=1S/C11H23N3OS/c1-11(2,12)9-10(15)13-3-4-14-5-7-16-8-6-14/h3-9,12H2,1-2H3,(H,13,15). The van der Waals surface area contributed by atoms with Crippen molar-refractivity contribution in [3.63, 3.8) is 0 Å². The lowest BCUT2D eigenvalue weighted by Gasteiger charge is -2.26. The van der Waals surface area contributed by atoms with E-state index in [9.17, 15) is 4.79 Å². The van der Waals surface area contributed by atoms with Crippen molar-refractivity contribution in [1.29, 1.82) is 0 Å². The van der Waals surface area contributed by atoms with Gasteiger partial charge < -0.3 is 11.1 Å². The lowest BCUT2D eigenvalue weighted by molar-refractivity contribution is -0.122. The molecule has 0 aliphatic carbocycles. The first kappa shape index (κ1) is 13.8. The van der Waals surface area contributed by atoms with Crippen LogP contribution in [0, 0.1) is 0 Å². The monoisotopic (exact) mass is 245 g/mol. The van der Waals surface area contributed by atoms with Gasteiger partial charge in [0.2, 0.25) is 5.91 Å². The van der Waals surface area contributed by atoms with Gasteiger partial charge >= 0.3 is 0 Å². The smallest absolute Gasteiger partial charge is 0.221 e. The van der Waals surface area contributed by atoms with Crippen molar-refractivity contribution in [2.75, 3.05) is 37.7 Å². The van der Waals surface area contributed by atoms with Crippen LogP contribution in [0.5, 0.6) is 0 Å². The summed E-state index contributed by atoms with van der Waals surface area (Å²) in [5, 5.41) is 2.92. The van der Waals surface area contributed by atoms with Crippen LogP contribution in [0.25, 0.3) is 0 Å². The molecule has 0 aromatic rings. The van der Waals surface area contributed by atoms with Gasteiger partial charge in [0.25, 0.3) is 0 Å². The molecule has 5 heteroatoms. The average Bonchev–Trinajstić information content (AvgIpc) is 2.16. The Labute approximate surface area is 102 Å². The van der Waals surface area contributed by atoms with E-state index in [1.807, 2.05) is 25.6 Å². The summed E-state index contributed by atoms with van der Waals surface area (Å²) in [5.41, 5.74) is 5.37. The maximum absolute atomic E-state index is 11.5. The molecule has 1 aliphatic rings. The van der Waals surface area contributed by atoms with Gasteiger partial charge in [-0.1, -0.05) is 0 Å². The third-order valence-electron chi connectivity index (χ3n) is 2.47. The molecule has 1 heterocycles. The third kappa shape index (κ3) is 6.35. The van der Waals surface area contributed by atoms with Gasteiger partial charge in [0.1, 0.15) is 0 Å². The molecule has 4 nitrogen and oxygen atoms in total. The van der Waals surface area contributed by atoms with Crippen LogP contribution in [0.2, 0.25) is 0 Å². The lowest BCUT2D eigenvalue weighted by atomic mass is 10.0. The zero-order valence-electron chi connectivity index (χ0n) is 10.3. The highest BCUT2D eigenvalue weighted by atomic mass is 32.2. The molecule has 0 spiro atoms. The van der Waals surface area contributed by atoms with Crippen LogP contribution < -0.4 is 11.1 Å². The number of hydrogen-bond donors (Lipinski definition) is 2. The summed E-state index contributed by atoms with van der Waals surface area (Å²) >= 11 is 2.00. The van der Waals surface area contributed by atoms with Gasteiger partial charge in [-0.05, 0) is 13.8 Å². The molecule has 0 radical (unpaired) electrons. The predicted molar refractivity (Wildman–Crippen MR) is 69.7 cm³/mol. The highest BCUT2D eigenvalue weighted by Gasteiger charge is 2.16. The Bertz CT molecular complexity index is 222. The molecule has 16 heavy (non-hydrogen) atoms. The van der Waals surface area contributed by atoms with Crippen molar-refractivity contribution >= 4 is 17.7 Å². The molecule has 0 saturated carbocycles. The van der Waals surface area contributed by atoms with E-state index < -0.39 is 5.54 Å². The second-order valence-electron chi connectivity index (χ2n) is 4.97. The zero-order chi connectivity index (χ0) is 12.0. The first-order valence-electron chi connectivity index (χ1n) is 5.83. The third-order valence-corrected chi connectivity index (χ3v) is 3.41. The number of nitrogens with two attached hydrogens (primary N) is 1. The fourth-order valence-corrected chi connectivity index (χ4v) is 2.63. The number of rotatable bonds is 5. The Morgan fingerprint density at radius 1 is 1.44 bits per heavy atom. The summed E-state index contributed by atoms with van der Waals surface area (Å²) in [4.78, 5) is 13.9. The van der Waals surface area contributed by atoms with Crippen LogP contribution in [0.3, 0.4) is 0 Å². The second-order valence-corrected chi connectivity index (χ2v) is 6.19. The van der Waals surface area contributed by atoms with Crippen molar-refractivity contribution < 1.29 is 4.79 Å². The van der Waals surface area contributed by atoms with E-state index in [1.165, 1.54) is 11.5 Å². The zero-order valence-corrected chi connectivity index (χ0v) is 11.1. The van der Waals surface area contributed by atoms with Crippen LogP contribution in [-0.4, -0.2) is 54.0 Å².